The number of phenolic OH excluding ortho intramolecular Hbond substituents is 1. The average molecular weight is 313 g/mol. The van der Waals surface area contributed by atoms with E-state index in [0.717, 1.165) is 9.35 Å². The standard InChI is InChI=1S/C11H9BrN2O2S/c1-6-2-3-8(15)7(4-6)10(16)14-11-13-5-9(12)17-11/h2-5,15H,1H3,(H,13,14,16). The van der Waals surface area contributed by atoms with Gasteiger partial charge in [-0.3, -0.25) is 10.1 Å². The highest BCUT2D eigenvalue weighted by Gasteiger charge is 2.12. The zero-order valence-electron chi connectivity index (χ0n) is 8.90. The SMILES string of the molecule is Cc1ccc(O)c(C(=O)Nc2ncc(Br)s2)c1. The summed E-state index contributed by atoms with van der Waals surface area (Å²) in [6.45, 7) is 1.86. The number of aryl methyl sites for hydroxylation is 1. The van der Waals surface area contributed by atoms with Gasteiger partial charge in [0.15, 0.2) is 5.13 Å². The second-order valence-electron chi connectivity index (χ2n) is 3.44. The topological polar surface area (TPSA) is 62.2 Å². The van der Waals surface area contributed by atoms with Gasteiger partial charge in [0.05, 0.1) is 15.5 Å². The van der Waals surface area contributed by atoms with Crippen molar-refractivity contribution in [2.75, 3.05) is 5.32 Å². The van der Waals surface area contributed by atoms with Crippen LogP contribution in [0.3, 0.4) is 0 Å². The number of amides is 1. The van der Waals surface area contributed by atoms with E-state index in [1.54, 1.807) is 18.3 Å². The summed E-state index contributed by atoms with van der Waals surface area (Å²) < 4.78 is 0.835. The molecule has 1 aromatic heterocycles. The van der Waals surface area contributed by atoms with E-state index in [4.69, 9.17) is 0 Å². The zero-order chi connectivity index (χ0) is 12.4. The van der Waals surface area contributed by atoms with Gasteiger partial charge in [0.25, 0.3) is 5.91 Å². The lowest BCUT2D eigenvalue weighted by atomic mass is 10.1. The van der Waals surface area contributed by atoms with Gasteiger partial charge in [0.2, 0.25) is 0 Å². The molecule has 88 valence electrons. The lowest BCUT2D eigenvalue weighted by Crippen LogP contribution is -2.11. The minimum absolute atomic E-state index is 0.0382. The van der Waals surface area contributed by atoms with Gasteiger partial charge < -0.3 is 5.11 Å². The molecule has 1 heterocycles. The fraction of sp³-hybridized carbons (Fsp3) is 0.0909. The van der Waals surface area contributed by atoms with Crippen LogP contribution in [-0.4, -0.2) is 16.0 Å². The first-order valence-electron chi connectivity index (χ1n) is 4.78. The second kappa shape index (κ2) is 4.85. The Bertz CT molecular complexity index is 568. The quantitative estimate of drug-likeness (QED) is 0.895. The van der Waals surface area contributed by atoms with Crippen LogP contribution in [0.5, 0.6) is 5.75 Å². The van der Waals surface area contributed by atoms with E-state index in [2.05, 4.69) is 26.2 Å². The maximum Gasteiger partial charge on any atom is 0.261 e. The number of hydrogen-bond acceptors (Lipinski definition) is 4. The number of nitrogens with zero attached hydrogens (tertiary/aromatic N) is 1. The smallest absolute Gasteiger partial charge is 0.261 e. The van der Waals surface area contributed by atoms with Crippen molar-refractivity contribution in [2.24, 2.45) is 0 Å². The Balaban J connectivity index is 2.22. The summed E-state index contributed by atoms with van der Waals surface area (Å²) in [5, 5.41) is 12.7. The number of carbonyl (C=O) groups excluding carboxylic acids is 1. The molecule has 0 atom stereocenters. The molecule has 0 aliphatic rings. The summed E-state index contributed by atoms with van der Waals surface area (Å²) in [5.74, 6) is -0.406. The largest absolute Gasteiger partial charge is 0.507 e. The minimum atomic E-state index is -0.368. The Labute approximate surface area is 110 Å². The van der Waals surface area contributed by atoms with Crippen molar-refractivity contribution in [1.29, 1.82) is 0 Å². The summed E-state index contributed by atoms with van der Waals surface area (Å²) in [6, 6.07) is 4.88. The number of benzene rings is 1. The van der Waals surface area contributed by atoms with E-state index < -0.39 is 0 Å². The molecule has 2 N–H and O–H groups in total. The number of aromatic nitrogens is 1. The first kappa shape index (κ1) is 12.1. The number of rotatable bonds is 2. The van der Waals surface area contributed by atoms with Gasteiger partial charge >= 0.3 is 0 Å². The molecule has 2 rings (SSSR count). The first-order chi connectivity index (χ1) is 8.06. The average Bonchev–Trinajstić information content (AvgIpc) is 2.67. The third kappa shape index (κ3) is 2.83. The van der Waals surface area contributed by atoms with Gasteiger partial charge in [0, 0.05) is 0 Å². The lowest BCUT2D eigenvalue weighted by molar-refractivity contribution is 0.102. The maximum absolute atomic E-state index is 11.9. The van der Waals surface area contributed by atoms with Crippen molar-refractivity contribution in [3.8, 4) is 5.75 Å². The van der Waals surface area contributed by atoms with Gasteiger partial charge in [-0.25, -0.2) is 4.98 Å². The van der Waals surface area contributed by atoms with Crippen LogP contribution in [0.1, 0.15) is 15.9 Å². The number of halogens is 1. The molecule has 6 heteroatoms. The monoisotopic (exact) mass is 312 g/mol. The van der Waals surface area contributed by atoms with Crippen LogP contribution in [0.4, 0.5) is 5.13 Å². The molecule has 0 aliphatic carbocycles. The van der Waals surface area contributed by atoms with Gasteiger partial charge in [-0.05, 0) is 35.0 Å². The first-order valence-corrected chi connectivity index (χ1v) is 6.39. The summed E-state index contributed by atoms with van der Waals surface area (Å²) in [6.07, 6.45) is 1.61. The lowest BCUT2D eigenvalue weighted by Gasteiger charge is -2.05. The Morgan fingerprint density at radius 1 is 1.53 bits per heavy atom. The molecule has 0 aliphatic heterocycles. The fourth-order valence-corrected chi connectivity index (χ4v) is 2.41. The fourth-order valence-electron chi connectivity index (χ4n) is 1.31. The van der Waals surface area contributed by atoms with E-state index in [0.29, 0.717) is 5.13 Å². The van der Waals surface area contributed by atoms with E-state index in [9.17, 15) is 9.90 Å². The third-order valence-corrected chi connectivity index (χ3v) is 3.49. The van der Waals surface area contributed by atoms with Crippen molar-refractivity contribution in [2.45, 2.75) is 6.92 Å². The number of anilines is 1. The van der Waals surface area contributed by atoms with Gasteiger partial charge in [-0.2, -0.15) is 0 Å². The highest BCUT2D eigenvalue weighted by Crippen LogP contribution is 2.25. The normalized spacial score (nSPS) is 10.2. The molecule has 1 aromatic carbocycles. The number of thiazole rings is 1. The molecular weight excluding hydrogens is 304 g/mol. The molecule has 0 unspecified atom stereocenters. The Morgan fingerprint density at radius 2 is 2.29 bits per heavy atom. The van der Waals surface area contributed by atoms with E-state index in [-0.39, 0.29) is 17.2 Å². The molecule has 0 fully saturated rings. The molecule has 4 nitrogen and oxygen atoms in total. The van der Waals surface area contributed by atoms with Crippen molar-refractivity contribution in [3.05, 3.63) is 39.3 Å². The number of hydrogen-bond donors (Lipinski definition) is 2. The summed E-state index contributed by atoms with van der Waals surface area (Å²) >= 11 is 4.57. The van der Waals surface area contributed by atoms with Crippen LogP contribution in [0.2, 0.25) is 0 Å². The van der Waals surface area contributed by atoms with Crippen LogP contribution < -0.4 is 5.32 Å². The van der Waals surface area contributed by atoms with Crippen LogP contribution >= 0.6 is 27.3 Å². The number of phenols is 1. The number of aromatic hydroxyl groups is 1. The summed E-state index contributed by atoms with van der Waals surface area (Å²) in [7, 11) is 0. The maximum atomic E-state index is 11.9. The van der Waals surface area contributed by atoms with Crippen molar-refractivity contribution < 1.29 is 9.90 Å². The molecule has 0 radical (unpaired) electrons. The highest BCUT2D eigenvalue weighted by atomic mass is 79.9. The Kier molecular flexibility index (Phi) is 3.44. The number of nitrogens with one attached hydrogen (secondary N) is 1. The van der Waals surface area contributed by atoms with E-state index in [1.807, 2.05) is 6.92 Å². The molecular formula is C11H9BrN2O2S. The molecule has 17 heavy (non-hydrogen) atoms. The van der Waals surface area contributed by atoms with Gasteiger partial charge in [-0.1, -0.05) is 23.0 Å². The number of carbonyl (C=O) groups is 1. The van der Waals surface area contributed by atoms with E-state index >= 15 is 0 Å². The molecule has 0 saturated carbocycles. The molecule has 1 amide bonds. The third-order valence-electron chi connectivity index (χ3n) is 2.09. The zero-order valence-corrected chi connectivity index (χ0v) is 11.3. The van der Waals surface area contributed by atoms with Crippen LogP contribution in [0, 0.1) is 6.92 Å². The summed E-state index contributed by atoms with van der Waals surface area (Å²) in [5.41, 5.74) is 1.16. The Morgan fingerprint density at radius 3 is 2.94 bits per heavy atom. The molecule has 2 aromatic rings. The van der Waals surface area contributed by atoms with Crippen molar-refractivity contribution in [1.82, 2.24) is 4.98 Å². The van der Waals surface area contributed by atoms with Gasteiger partial charge in [0.1, 0.15) is 5.75 Å². The van der Waals surface area contributed by atoms with Crippen molar-refractivity contribution >= 4 is 38.3 Å². The molecule has 0 saturated heterocycles. The summed E-state index contributed by atoms with van der Waals surface area (Å²) in [4.78, 5) is 15.9. The molecule has 0 bridgehead atoms. The predicted molar refractivity (Wildman–Crippen MR) is 70.6 cm³/mol. The highest BCUT2D eigenvalue weighted by molar-refractivity contribution is 9.11. The van der Waals surface area contributed by atoms with E-state index in [1.165, 1.54) is 17.4 Å². The predicted octanol–water partition coefficient (Wildman–Crippen LogP) is 3.17. The van der Waals surface area contributed by atoms with Gasteiger partial charge in [-0.15, -0.1) is 0 Å². The van der Waals surface area contributed by atoms with Crippen molar-refractivity contribution in [3.63, 3.8) is 0 Å². The Hall–Kier alpha value is -1.40. The minimum Gasteiger partial charge on any atom is -0.507 e. The van der Waals surface area contributed by atoms with Crippen LogP contribution in [0.25, 0.3) is 0 Å². The van der Waals surface area contributed by atoms with Crippen LogP contribution in [-0.2, 0) is 0 Å². The van der Waals surface area contributed by atoms with Crippen LogP contribution in [0.15, 0.2) is 28.2 Å². The molecule has 0 spiro atoms. The second-order valence-corrected chi connectivity index (χ2v) is 5.85.